The van der Waals surface area contributed by atoms with Crippen molar-refractivity contribution in [2.75, 3.05) is 25.6 Å². The van der Waals surface area contributed by atoms with Gasteiger partial charge in [-0.1, -0.05) is 0 Å². The van der Waals surface area contributed by atoms with Gasteiger partial charge < -0.3 is 15.6 Å². The normalized spacial score (nSPS) is 10.8. The molecule has 1 heterocycles. The number of hydrogen-bond donors (Lipinski definition) is 3. The van der Waals surface area contributed by atoms with Crippen LogP contribution >= 0.6 is 0 Å². The number of nitrogens with zero attached hydrogens (tertiary/aromatic N) is 3. The molecule has 0 unspecified atom stereocenters. The Labute approximate surface area is 113 Å². The summed E-state index contributed by atoms with van der Waals surface area (Å²) in [6, 6.07) is 0.512. The van der Waals surface area contributed by atoms with Crippen LogP contribution in [0.4, 0.5) is 5.82 Å². The first-order valence-corrected chi connectivity index (χ1v) is 6.31. The quantitative estimate of drug-likeness (QED) is 0.371. The highest BCUT2D eigenvalue weighted by atomic mass is 16.1. The minimum Gasteiger partial charge on any atom is -0.351 e. The van der Waals surface area contributed by atoms with Crippen molar-refractivity contribution in [2.24, 2.45) is 5.84 Å². The van der Waals surface area contributed by atoms with Gasteiger partial charge in [0.25, 0.3) is 5.91 Å². The number of amides is 1. The van der Waals surface area contributed by atoms with Gasteiger partial charge in [0.05, 0.1) is 12.4 Å². The average Bonchev–Trinajstić information content (AvgIpc) is 2.43. The summed E-state index contributed by atoms with van der Waals surface area (Å²) in [5.41, 5.74) is 2.65. The third-order valence-corrected chi connectivity index (χ3v) is 2.89. The van der Waals surface area contributed by atoms with Gasteiger partial charge in [0.1, 0.15) is 5.69 Å². The number of anilines is 1. The molecule has 0 saturated heterocycles. The van der Waals surface area contributed by atoms with Gasteiger partial charge in [-0.25, -0.2) is 15.8 Å². The zero-order valence-corrected chi connectivity index (χ0v) is 11.7. The number of carbonyl (C=O) groups excluding carboxylic acids is 1. The predicted molar refractivity (Wildman–Crippen MR) is 74.6 cm³/mol. The number of rotatable bonds is 7. The Kier molecular flexibility index (Phi) is 6.17. The summed E-state index contributed by atoms with van der Waals surface area (Å²) < 4.78 is 0. The number of nitrogens with one attached hydrogen (secondary N) is 2. The minimum absolute atomic E-state index is 0.219. The fourth-order valence-electron chi connectivity index (χ4n) is 1.40. The molecule has 0 aromatic carbocycles. The molecule has 1 amide bonds. The van der Waals surface area contributed by atoms with Crippen LogP contribution in [0.15, 0.2) is 12.4 Å². The zero-order chi connectivity index (χ0) is 14.3. The standard InChI is InChI=1S/C12H22N6O/c1-9(2)18(3)6-4-5-14-12(19)10-7-16-11(17-13)8-15-10/h7-9H,4-6,13H2,1-3H3,(H,14,19)(H,16,17). The molecule has 19 heavy (non-hydrogen) atoms. The summed E-state index contributed by atoms with van der Waals surface area (Å²) in [6.45, 7) is 5.84. The van der Waals surface area contributed by atoms with E-state index in [2.05, 4.69) is 46.5 Å². The maximum Gasteiger partial charge on any atom is 0.271 e. The van der Waals surface area contributed by atoms with Crippen molar-refractivity contribution < 1.29 is 4.79 Å². The topological polar surface area (TPSA) is 96.2 Å². The predicted octanol–water partition coefficient (Wildman–Crippen LogP) is 0.222. The molecular formula is C12H22N6O. The van der Waals surface area contributed by atoms with E-state index in [1.54, 1.807) is 0 Å². The molecule has 0 atom stereocenters. The van der Waals surface area contributed by atoms with Crippen molar-refractivity contribution in [3.63, 3.8) is 0 Å². The van der Waals surface area contributed by atoms with E-state index in [1.807, 2.05) is 0 Å². The fourth-order valence-corrected chi connectivity index (χ4v) is 1.40. The Morgan fingerprint density at radius 2 is 2.16 bits per heavy atom. The second-order valence-electron chi connectivity index (χ2n) is 4.62. The second-order valence-corrected chi connectivity index (χ2v) is 4.62. The van der Waals surface area contributed by atoms with Gasteiger partial charge >= 0.3 is 0 Å². The van der Waals surface area contributed by atoms with E-state index in [9.17, 15) is 4.79 Å². The molecule has 0 bridgehead atoms. The van der Waals surface area contributed by atoms with Crippen molar-refractivity contribution in [1.29, 1.82) is 0 Å². The molecule has 1 aromatic heterocycles. The Hall–Kier alpha value is -1.73. The van der Waals surface area contributed by atoms with Crippen LogP contribution < -0.4 is 16.6 Å². The van der Waals surface area contributed by atoms with Crippen LogP contribution in [-0.2, 0) is 0 Å². The Morgan fingerprint density at radius 3 is 2.68 bits per heavy atom. The molecule has 0 aliphatic heterocycles. The van der Waals surface area contributed by atoms with Crippen LogP contribution in [0, 0.1) is 0 Å². The van der Waals surface area contributed by atoms with E-state index < -0.39 is 0 Å². The van der Waals surface area contributed by atoms with Gasteiger partial charge in [-0.2, -0.15) is 0 Å². The molecule has 7 heteroatoms. The van der Waals surface area contributed by atoms with Gasteiger partial charge in [0.15, 0.2) is 5.82 Å². The Bertz CT molecular complexity index is 392. The third-order valence-electron chi connectivity index (χ3n) is 2.89. The smallest absolute Gasteiger partial charge is 0.271 e. The maximum absolute atomic E-state index is 11.7. The molecule has 1 aromatic rings. The van der Waals surface area contributed by atoms with Crippen LogP contribution in [0.3, 0.4) is 0 Å². The molecule has 0 radical (unpaired) electrons. The summed E-state index contributed by atoms with van der Waals surface area (Å²) in [5.74, 6) is 5.38. The second kappa shape index (κ2) is 7.65. The van der Waals surface area contributed by atoms with E-state index in [-0.39, 0.29) is 11.6 Å². The van der Waals surface area contributed by atoms with Gasteiger partial charge in [0.2, 0.25) is 0 Å². The van der Waals surface area contributed by atoms with Crippen molar-refractivity contribution in [3.8, 4) is 0 Å². The summed E-state index contributed by atoms with van der Waals surface area (Å²) in [7, 11) is 2.07. The van der Waals surface area contributed by atoms with Crippen LogP contribution in [0.1, 0.15) is 30.8 Å². The first-order chi connectivity index (χ1) is 9.04. The van der Waals surface area contributed by atoms with Crippen molar-refractivity contribution in [2.45, 2.75) is 26.3 Å². The van der Waals surface area contributed by atoms with Gasteiger partial charge in [-0.3, -0.25) is 4.79 Å². The fraction of sp³-hybridized carbons (Fsp3) is 0.583. The molecule has 1 rings (SSSR count). The minimum atomic E-state index is -0.219. The first kappa shape index (κ1) is 15.3. The zero-order valence-electron chi connectivity index (χ0n) is 11.7. The molecule has 0 aliphatic carbocycles. The summed E-state index contributed by atoms with van der Waals surface area (Å²) in [5, 5.41) is 2.81. The van der Waals surface area contributed by atoms with Crippen LogP contribution in [0.25, 0.3) is 0 Å². The largest absolute Gasteiger partial charge is 0.351 e. The van der Waals surface area contributed by atoms with Crippen LogP contribution in [0.5, 0.6) is 0 Å². The number of hydrogen-bond acceptors (Lipinski definition) is 6. The molecule has 0 saturated carbocycles. The lowest BCUT2D eigenvalue weighted by atomic mass is 10.3. The lowest BCUT2D eigenvalue weighted by Crippen LogP contribution is -2.31. The number of hydrazine groups is 1. The molecule has 4 N–H and O–H groups in total. The molecule has 7 nitrogen and oxygen atoms in total. The molecule has 0 aliphatic rings. The SMILES string of the molecule is CC(C)N(C)CCCNC(=O)c1cnc(NN)cn1. The number of nitrogen functional groups attached to an aromatic ring is 1. The Morgan fingerprint density at radius 1 is 1.42 bits per heavy atom. The van der Waals surface area contributed by atoms with Crippen LogP contribution in [-0.4, -0.2) is 47.0 Å². The van der Waals surface area contributed by atoms with Crippen molar-refractivity contribution >= 4 is 11.7 Å². The lowest BCUT2D eigenvalue weighted by molar-refractivity contribution is 0.0946. The average molecular weight is 266 g/mol. The molecule has 0 spiro atoms. The van der Waals surface area contributed by atoms with E-state index in [1.165, 1.54) is 12.4 Å². The molecule has 0 fully saturated rings. The van der Waals surface area contributed by atoms with Crippen molar-refractivity contribution in [1.82, 2.24) is 20.2 Å². The number of nitrogens with two attached hydrogens (primary N) is 1. The van der Waals surface area contributed by atoms with Gasteiger partial charge in [-0.05, 0) is 33.9 Å². The molecule has 106 valence electrons. The lowest BCUT2D eigenvalue weighted by Gasteiger charge is -2.20. The highest BCUT2D eigenvalue weighted by Crippen LogP contribution is 1.99. The van der Waals surface area contributed by atoms with Crippen molar-refractivity contribution in [3.05, 3.63) is 18.1 Å². The highest BCUT2D eigenvalue weighted by molar-refractivity contribution is 5.91. The summed E-state index contributed by atoms with van der Waals surface area (Å²) >= 11 is 0. The monoisotopic (exact) mass is 266 g/mol. The first-order valence-electron chi connectivity index (χ1n) is 6.31. The number of carbonyl (C=O) groups is 1. The molecular weight excluding hydrogens is 244 g/mol. The van der Waals surface area contributed by atoms with E-state index in [0.717, 1.165) is 13.0 Å². The van der Waals surface area contributed by atoms with E-state index >= 15 is 0 Å². The van der Waals surface area contributed by atoms with Gasteiger partial charge in [-0.15, -0.1) is 0 Å². The Balaban J connectivity index is 2.31. The maximum atomic E-state index is 11.7. The van der Waals surface area contributed by atoms with Crippen LogP contribution in [0.2, 0.25) is 0 Å². The highest BCUT2D eigenvalue weighted by Gasteiger charge is 2.07. The van der Waals surface area contributed by atoms with E-state index in [0.29, 0.717) is 18.4 Å². The number of aromatic nitrogens is 2. The van der Waals surface area contributed by atoms with E-state index in [4.69, 9.17) is 5.84 Å². The summed E-state index contributed by atoms with van der Waals surface area (Å²) in [6.07, 6.45) is 3.71. The van der Waals surface area contributed by atoms with Gasteiger partial charge in [0, 0.05) is 12.6 Å². The third kappa shape index (κ3) is 5.19. The summed E-state index contributed by atoms with van der Waals surface area (Å²) in [4.78, 5) is 21.9.